The van der Waals surface area contributed by atoms with E-state index in [0.29, 0.717) is 15.4 Å². The lowest BCUT2D eigenvalue weighted by atomic mass is 10.1. The molecule has 27 heavy (non-hydrogen) atoms. The number of carbonyl (C=O) groups excluding carboxylic acids is 1. The Bertz CT molecular complexity index is 1150. The van der Waals surface area contributed by atoms with Gasteiger partial charge in [0.15, 0.2) is 0 Å². The van der Waals surface area contributed by atoms with Gasteiger partial charge in [-0.05, 0) is 29.5 Å². The summed E-state index contributed by atoms with van der Waals surface area (Å²) < 4.78 is -0.126. The van der Waals surface area contributed by atoms with Gasteiger partial charge < -0.3 is 0 Å². The smallest absolute Gasteiger partial charge is 0.267 e. The summed E-state index contributed by atoms with van der Waals surface area (Å²) >= 11 is 2.29. The zero-order valence-electron chi connectivity index (χ0n) is 14.2. The lowest BCUT2D eigenvalue weighted by Gasteiger charge is -2.02. The van der Waals surface area contributed by atoms with Gasteiger partial charge >= 0.3 is 0 Å². The second-order valence-electron chi connectivity index (χ2n) is 5.93. The van der Waals surface area contributed by atoms with Gasteiger partial charge in [0.2, 0.25) is 9.87 Å². The van der Waals surface area contributed by atoms with Crippen molar-refractivity contribution in [2.24, 2.45) is 0 Å². The second-order valence-corrected chi connectivity index (χ2v) is 8.00. The number of fused-ring (bicyclic) bond motifs is 1. The third-order valence-corrected chi connectivity index (χ3v) is 5.88. The van der Waals surface area contributed by atoms with Crippen molar-refractivity contribution < 1.29 is 4.79 Å². The first-order chi connectivity index (χ1) is 13.2. The van der Waals surface area contributed by atoms with Crippen molar-refractivity contribution in [3.05, 3.63) is 85.6 Å². The van der Waals surface area contributed by atoms with E-state index in [1.54, 1.807) is 12.1 Å². The summed E-state index contributed by atoms with van der Waals surface area (Å²) in [5, 5.41) is 13.6. The fraction of sp³-hybridized carbons (Fsp3) is 0.100. The topological polar surface area (TPSA) is 72.0 Å². The van der Waals surface area contributed by atoms with Crippen LogP contribution >= 0.6 is 22.7 Å². The van der Waals surface area contributed by atoms with E-state index in [9.17, 15) is 9.59 Å². The molecule has 7 heteroatoms. The van der Waals surface area contributed by atoms with Crippen molar-refractivity contribution >= 4 is 44.5 Å². The molecule has 1 N–H and O–H groups in total. The molecule has 134 valence electrons. The maximum atomic E-state index is 12.5. The number of anilines is 1. The summed E-state index contributed by atoms with van der Waals surface area (Å²) in [6.07, 6.45) is 1.64. The Kier molecular flexibility index (Phi) is 5.04. The van der Waals surface area contributed by atoms with E-state index in [4.69, 9.17) is 0 Å². The van der Waals surface area contributed by atoms with E-state index in [-0.39, 0.29) is 10.6 Å². The van der Waals surface area contributed by atoms with Crippen LogP contribution in [0.4, 0.5) is 5.13 Å². The maximum Gasteiger partial charge on any atom is 0.267 e. The molecule has 0 unspecified atom stereocenters. The Morgan fingerprint density at radius 2 is 1.70 bits per heavy atom. The van der Waals surface area contributed by atoms with E-state index in [2.05, 4.69) is 27.6 Å². The largest absolute Gasteiger partial charge is 0.296 e. The summed E-state index contributed by atoms with van der Waals surface area (Å²) in [6.45, 7) is 0. The van der Waals surface area contributed by atoms with Crippen LogP contribution in [0.5, 0.6) is 0 Å². The average molecular weight is 393 g/mol. The molecule has 0 saturated heterocycles. The van der Waals surface area contributed by atoms with E-state index in [0.717, 1.165) is 34.6 Å². The van der Waals surface area contributed by atoms with Crippen LogP contribution in [0, 0.1) is 0 Å². The number of aromatic nitrogens is 2. The first kappa shape index (κ1) is 17.5. The van der Waals surface area contributed by atoms with Gasteiger partial charge in [0.25, 0.3) is 5.91 Å². The molecular formula is C20H15N3O2S2. The Morgan fingerprint density at radius 1 is 0.926 bits per heavy atom. The minimum absolute atomic E-state index is 0.126. The number of benzene rings is 2. The predicted octanol–water partition coefficient (Wildman–Crippen LogP) is 4.15. The van der Waals surface area contributed by atoms with Gasteiger partial charge in [-0.1, -0.05) is 71.2 Å². The third kappa shape index (κ3) is 4.10. The average Bonchev–Trinajstić information content (AvgIpc) is 3.14. The minimum Gasteiger partial charge on any atom is -0.296 e. The number of rotatable bonds is 5. The molecule has 5 nitrogen and oxygen atoms in total. The van der Waals surface area contributed by atoms with Crippen LogP contribution in [0.15, 0.2) is 65.5 Å². The highest BCUT2D eigenvalue weighted by Gasteiger charge is 2.13. The molecule has 0 saturated carbocycles. The molecule has 0 spiro atoms. The molecular weight excluding hydrogens is 378 g/mol. The van der Waals surface area contributed by atoms with Crippen molar-refractivity contribution in [2.45, 2.75) is 12.8 Å². The van der Waals surface area contributed by atoms with Crippen LogP contribution in [0.3, 0.4) is 0 Å². The molecule has 2 heterocycles. The van der Waals surface area contributed by atoms with Crippen LogP contribution < -0.4 is 10.1 Å². The molecule has 4 aromatic rings. The highest BCUT2D eigenvalue weighted by molar-refractivity contribution is 7.15. The molecule has 0 aliphatic carbocycles. The maximum absolute atomic E-state index is 12.5. The van der Waals surface area contributed by atoms with E-state index in [1.807, 2.05) is 36.4 Å². The van der Waals surface area contributed by atoms with E-state index >= 15 is 0 Å². The van der Waals surface area contributed by atoms with E-state index < -0.39 is 0 Å². The molecule has 0 aliphatic rings. The minimum atomic E-state index is -0.339. The van der Waals surface area contributed by atoms with Gasteiger partial charge in [-0.2, -0.15) is 0 Å². The summed E-state index contributed by atoms with van der Waals surface area (Å²) in [4.78, 5) is 25.1. The number of hydrogen-bond acceptors (Lipinski definition) is 6. The highest BCUT2D eigenvalue weighted by Crippen LogP contribution is 2.20. The zero-order valence-corrected chi connectivity index (χ0v) is 15.8. The Hall–Kier alpha value is -2.90. The molecule has 2 aromatic heterocycles. The van der Waals surface area contributed by atoms with Crippen LogP contribution in [-0.2, 0) is 12.8 Å². The summed E-state index contributed by atoms with van der Waals surface area (Å²) in [7, 11) is 0. The quantitative estimate of drug-likeness (QED) is 0.553. The highest BCUT2D eigenvalue weighted by atomic mass is 32.1. The number of nitrogens with zero attached hydrogens (tertiary/aromatic N) is 2. The normalized spacial score (nSPS) is 10.8. The summed E-state index contributed by atoms with van der Waals surface area (Å²) in [5.41, 5.74) is 1.24. The van der Waals surface area contributed by atoms with Gasteiger partial charge in [-0.15, -0.1) is 10.2 Å². The zero-order chi connectivity index (χ0) is 18.6. The van der Waals surface area contributed by atoms with Crippen molar-refractivity contribution in [2.75, 3.05) is 5.32 Å². The molecule has 1 amide bonds. The summed E-state index contributed by atoms with van der Waals surface area (Å²) in [6, 6.07) is 19.1. The molecule has 0 radical (unpaired) electrons. The fourth-order valence-corrected chi connectivity index (χ4v) is 4.27. The van der Waals surface area contributed by atoms with Crippen molar-refractivity contribution in [3.8, 4) is 0 Å². The second kappa shape index (κ2) is 7.77. The molecule has 0 atom stereocenters. The fourth-order valence-electron chi connectivity index (χ4n) is 2.71. The molecule has 2 aromatic carbocycles. The number of carbonyl (C=O) groups is 1. The molecule has 4 rings (SSSR count). The first-order valence-electron chi connectivity index (χ1n) is 8.39. The Balaban J connectivity index is 1.46. The number of amides is 1. The van der Waals surface area contributed by atoms with Crippen molar-refractivity contribution in [3.63, 3.8) is 0 Å². The Labute approximate surface area is 163 Å². The van der Waals surface area contributed by atoms with Gasteiger partial charge in [0.1, 0.15) is 5.01 Å². The SMILES string of the molecule is O=C(Nc1nnc(CCc2ccccc2)s1)c1cc2ccccc2c(=O)s1. The van der Waals surface area contributed by atoms with Gasteiger partial charge in [0.05, 0.1) is 4.88 Å². The van der Waals surface area contributed by atoms with Gasteiger partial charge in [-0.3, -0.25) is 14.9 Å². The number of hydrogen-bond donors (Lipinski definition) is 1. The lowest BCUT2D eigenvalue weighted by Crippen LogP contribution is -2.12. The van der Waals surface area contributed by atoms with Crippen LogP contribution in [0.2, 0.25) is 0 Å². The molecule has 0 fully saturated rings. The van der Waals surface area contributed by atoms with Crippen LogP contribution in [0.1, 0.15) is 20.2 Å². The predicted molar refractivity (Wildman–Crippen MR) is 110 cm³/mol. The van der Waals surface area contributed by atoms with Crippen LogP contribution in [-0.4, -0.2) is 16.1 Å². The van der Waals surface area contributed by atoms with E-state index in [1.165, 1.54) is 16.9 Å². The number of aryl methyl sites for hydroxylation is 2. The van der Waals surface area contributed by atoms with Crippen molar-refractivity contribution in [1.82, 2.24) is 10.2 Å². The standard InChI is InChI=1S/C20H15N3O2S2/c24-18(16-12-14-8-4-5-9-15(14)19(25)26-16)21-20-23-22-17(27-20)11-10-13-6-2-1-3-7-13/h1-9,12H,10-11H2,(H,21,23,24). The van der Waals surface area contributed by atoms with Gasteiger partial charge in [0, 0.05) is 11.8 Å². The Morgan fingerprint density at radius 3 is 2.56 bits per heavy atom. The monoisotopic (exact) mass is 393 g/mol. The molecule has 0 aliphatic heterocycles. The van der Waals surface area contributed by atoms with Gasteiger partial charge in [-0.25, -0.2) is 0 Å². The van der Waals surface area contributed by atoms with Crippen molar-refractivity contribution in [1.29, 1.82) is 0 Å². The summed E-state index contributed by atoms with van der Waals surface area (Å²) in [5.74, 6) is -0.339. The first-order valence-corrected chi connectivity index (χ1v) is 10.0. The lowest BCUT2D eigenvalue weighted by molar-refractivity contribution is 0.103. The van der Waals surface area contributed by atoms with Crippen LogP contribution in [0.25, 0.3) is 10.8 Å². The number of nitrogens with one attached hydrogen (secondary N) is 1. The third-order valence-electron chi connectivity index (χ3n) is 4.05. The molecule has 0 bridgehead atoms.